The maximum Gasteiger partial charge on any atom is 0.129 e. The van der Waals surface area contributed by atoms with E-state index in [1.54, 1.807) is 0 Å². The molecule has 0 aromatic carbocycles. The van der Waals surface area contributed by atoms with Gasteiger partial charge in [-0.3, -0.25) is 0 Å². The molecule has 0 aromatic heterocycles. The minimum Gasteiger partial charge on any atom is -0.388 e. The lowest BCUT2D eigenvalue weighted by molar-refractivity contribution is 0.0175. The second kappa shape index (κ2) is 14.4. The van der Waals surface area contributed by atoms with Gasteiger partial charge in [0, 0.05) is 0 Å². The highest BCUT2D eigenvalue weighted by Gasteiger charge is 2.40. The molecule has 0 bridgehead atoms. The van der Waals surface area contributed by atoms with E-state index in [0.29, 0.717) is 0 Å². The first-order chi connectivity index (χ1) is 11.7. The van der Waals surface area contributed by atoms with Gasteiger partial charge in [0.2, 0.25) is 0 Å². The standard InChI is InChI=1S/C20H40O3S/c1-2-3-4-5-6-7-8-9-10-11-12-13-14-15-16-17-18(21)19(22)20(24)23-17/h17-22,24H,2-16H2,1H3/t17-,18-,19-,20?/m1/s1. The molecular formula is C20H40O3S. The molecule has 3 nitrogen and oxygen atoms in total. The summed E-state index contributed by atoms with van der Waals surface area (Å²) >= 11 is 4.12. The number of hydrogen-bond acceptors (Lipinski definition) is 4. The number of rotatable bonds is 15. The van der Waals surface area contributed by atoms with E-state index in [0.717, 1.165) is 12.8 Å². The molecule has 1 rings (SSSR count). The van der Waals surface area contributed by atoms with Crippen molar-refractivity contribution in [3.05, 3.63) is 0 Å². The number of ether oxygens (including phenoxy) is 1. The minimum absolute atomic E-state index is 0.236. The summed E-state index contributed by atoms with van der Waals surface area (Å²) in [6.07, 6.45) is 17.8. The van der Waals surface area contributed by atoms with Crippen LogP contribution in [0, 0.1) is 0 Å². The Balaban J connectivity index is 1.78. The number of hydrogen-bond donors (Lipinski definition) is 3. The summed E-state index contributed by atoms with van der Waals surface area (Å²) in [5.74, 6) is 0. The predicted octanol–water partition coefficient (Wildman–Crippen LogP) is 5.23. The van der Waals surface area contributed by atoms with Gasteiger partial charge in [-0.25, -0.2) is 0 Å². The Morgan fingerprint density at radius 2 is 1.08 bits per heavy atom. The molecule has 24 heavy (non-hydrogen) atoms. The van der Waals surface area contributed by atoms with E-state index in [-0.39, 0.29) is 6.10 Å². The van der Waals surface area contributed by atoms with Crippen LogP contribution in [0.5, 0.6) is 0 Å². The van der Waals surface area contributed by atoms with Gasteiger partial charge in [0.05, 0.1) is 6.10 Å². The summed E-state index contributed by atoms with van der Waals surface area (Å²) in [6, 6.07) is 0. The van der Waals surface area contributed by atoms with Crippen molar-refractivity contribution in [1.82, 2.24) is 0 Å². The zero-order valence-electron chi connectivity index (χ0n) is 15.7. The highest BCUT2D eigenvalue weighted by molar-refractivity contribution is 7.80. The summed E-state index contributed by atoms with van der Waals surface area (Å²) < 4.78 is 5.46. The van der Waals surface area contributed by atoms with Crippen molar-refractivity contribution in [1.29, 1.82) is 0 Å². The molecule has 4 atom stereocenters. The maximum atomic E-state index is 9.81. The van der Waals surface area contributed by atoms with Crippen molar-refractivity contribution in [2.75, 3.05) is 0 Å². The van der Waals surface area contributed by atoms with Gasteiger partial charge in [-0.1, -0.05) is 96.8 Å². The Labute approximate surface area is 155 Å². The lowest BCUT2D eigenvalue weighted by Crippen LogP contribution is -2.30. The third-order valence-corrected chi connectivity index (χ3v) is 5.61. The fraction of sp³-hybridized carbons (Fsp3) is 1.00. The molecule has 1 heterocycles. The smallest absolute Gasteiger partial charge is 0.129 e. The molecular weight excluding hydrogens is 320 g/mol. The fourth-order valence-electron chi connectivity index (χ4n) is 3.51. The van der Waals surface area contributed by atoms with Gasteiger partial charge in [-0.05, 0) is 6.42 Å². The first-order valence-electron chi connectivity index (χ1n) is 10.4. The minimum atomic E-state index is -0.843. The number of unbranched alkanes of at least 4 members (excludes halogenated alkanes) is 13. The molecule has 144 valence electrons. The first-order valence-corrected chi connectivity index (χ1v) is 10.9. The van der Waals surface area contributed by atoms with Crippen molar-refractivity contribution < 1.29 is 14.9 Å². The normalized spacial score (nSPS) is 27.0. The zero-order chi connectivity index (χ0) is 17.6. The van der Waals surface area contributed by atoms with Crippen LogP contribution in [0.1, 0.15) is 103 Å². The van der Waals surface area contributed by atoms with Gasteiger partial charge in [-0.2, -0.15) is 0 Å². The highest BCUT2D eigenvalue weighted by Crippen LogP contribution is 2.27. The molecule has 0 aliphatic carbocycles. The third-order valence-electron chi connectivity index (χ3n) is 5.18. The van der Waals surface area contributed by atoms with Crippen LogP contribution in [0.15, 0.2) is 0 Å². The Bertz CT molecular complexity index is 288. The van der Waals surface area contributed by atoms with Crippen molar-refractivity contribution in [2.24, 2.45) is 0 Å². The molecule has 1 saturated heterocycles. The van der Waals surface area contributed by atoms with Crippen molar-refractivity contribution >= 4 is 12.6 Å². The number of aliphatic hydroxyl groups is 2. The zero-order valence-corrected chi connectivity index (χ0v) is 16.6. The van der Waals surface area contributed by atoms with Gasteiger partial charge < -0.3 is 14.9 Å². The second-order valence-electron chi connectivity index (χ2n) is 7.43. The lowest BCUT2D eigenvalue weighted by atomic mass is 10.0. The molecule has 1 fully saturated rings. The number of aliphatic hydroxyl groups excluding tert-OH is 2. The molecule has 4 heteroatoms. The molecule has 2 N–H and O–H groups in total. The average molecular weight is 361 g/mol. The topological polar surface area (TPSA) is 49.7 Å². The number of thiol groups is 1. The van der Waals surface area contributed by atoms with E-state index in [9.17, 15) is 10.2 Å². The van der Waals surface area contributed by atoms with Gasteiger partial charge in [0.15, 0.2) is 0 Å². The van der Waals surface area contributed by atoms with Crippen molar-refractivity contribution in [3.8, 4) is 0 Å². The van der Waals surface area contributed by atoms with E-state index >= 15 is 0 Å². The molecule has 0 amide bonds. The molecule has 0 aromatic rings. The molecule has 0 saturated carbocycles. The fourth-order valence-corrected chi connectivity index (χ4v) is 3.84. The van der Waals surface area contributed by atoms with E-state index in [2.05, 4.69) is 19.6 Å². The van der Waals surface area contributed by atoms with Crippen LogP contribution in [0.3, 0.4) is 0 Å². The quantitative estimate of drug-likeness (QED) is 0.277. The van der Waals surface area contributed by atoms with Gasteiger partial charge in [0.25, 0.3) is 0 Å². The Kier molecular flexibility index (Phi) is 13.4. The lowest BCUT2D eigenvalue weighted by Gasteiger charge is -2.13. The monoisotopic (exact) mass is 360 g/mol. The summed E-state index contributed by atoms with van der Waals surface area (Å²) in [5.41, 5.74) is -0.531. The molecule has 1 unspecified atom stereocenters. The van der Waals surface area contributed by atoms with E-state index in [1.165, 1.54) is 83.5 Å². The van der Waals surface area contributed by atoms with E-state index in [1.807, 2.05) is 0 Å². The van der Waals surface area contributed by atoms with Gasteiger partial charge in [-0.15, -0.1) is 12.6 Å². The van der Waals surface area contributed by atoms with Crippen molar-refractivity contribution in [3.63, 3.8) is 0 Å². The summed E-state index contributed by atoms with van der Waals surface area (Å²) in [5, 5.41) is 19.4. The SMILES string of the molecule is CCCCCCCCCCCCCCCC[C@H]1OC(S)[C@H](O)[C@@H]1O. The second-order valence-corrected chi connectivity index (χ2v) is 7.94. The van der Waals surface area contributed by atoms with Crippen molar-refractivity contribution in [2.45, 2.75) is 127 Å². The maximum absolute atomic E-state index is 9.81. The molecule has 0 radical (unpaired) electrons. The van der Waals surface area contributed by atoms with Gasteiger partial charge in [0.1, 0.15) is 17.6 Å². The molecule has 0 spiro atoms. The molecule has 1 aliphatic rings. The first kappa shape index (κ1) is 22.3. The Morgan fingerprint density at radius 3 is 1.46 bits per heavy atom. The van der Waals surface area contributed by atoms with Crippen LogP contribution in [-0.4, -0.2) is 34.0 Å². The highest BCUT2D eigenvalue weighted by atomic mass is 32.1. The summed E-state index contributed by atoms with van der Waals surface area (Å²) in [7, 11) is 0. The molecule has 1 aliphatic heterocycles. The van der Waals surface area contributed by atoms with Crippen LogP contribution in [-0.2, 0) is 4.74 Å². The van der Waals surface area contributed by atoms with E-state index in [4.69, 9.17) is 4.74 Å². The van der Waals surface area contributed by atoms with Gasteiger partial charge >= 0.3 is 0 Å². The largest absolute Gasteiger partial charge is 0.388 e. The Hall–Kier alpha value is 0.230. The summed E-state index contributed by atoms with van der Waals surface area (Å²) in [6.45, 7) is 2.27. The van der Waals surface area contributed by atoms with Crippen LogP contribution >= 0.6 is 12.6 Å². The summed E-state index contributed by atoms with van der Waals surface area (Å²) in [4.78, 5) is 0. The van der Waals surface area contributed by atoms with Crippen LogP contribution in [0.2, 0.25) is 0 Å². The van der Waals surface area contributed by atoms with Crippen LogP contribution in [0.25, 0.3) is 0 Å². The Morgan fingerprint density at radius 1 is 0.667 bits per heavy atom. The van der Waals surface area contributed by atoms with E-state index < -0.39 is 17.6 Å². The predicted molar refractivity (Wildman–Crippen MR) is 105 cm³/mol. The van der Waals surface area contributed by atoms with Crippen LogP contribution in [0.4, 0.5) is 0 Å². The average Bonchev–Trinajstić information content (AvgIpc) is 2.82. The third kappa shape index (κ3) is 9.65. The van der Waals surface area contributed by atoms with Crippen LogP contribution < -0.4 is 0 Å².